The van der Waals surface area contributed by atoms with Crippen molar-refractivity contribution in [1.29, 1.82) is 0 Å². The Morgan fingerprint density at radius 1 is 1.00 bits per heavy atom. The second-order valence-electron chi connectivity index (χ2n) is 5.35. The van der Waals surface area contributed by atoms with Crippen LogP contribution in [-0.2, 0) is 13.0 Å². The molecule has 0 aromatic heterocycles. The van der Waals surface area contributed by atoms with E-state index in [1.54, 1.807) is 0 Å². The van der Waals surface area contributed by atoms with Gasteiger partial charge in [-0.1, -0.05) is 29.8 Å². The maximum absolute atomic E-state index is 5.94. The number of hydrogen-bond donors (Lipinski definition) is 1. The van der Waals surface area contributed by atoms with Gasteiger partial charge in [0.05, 0.1) is 0 Å². The highest BCUT2D eigenvalue weighted by molar-refractivity contribution is 5.37. The monoisotopic (exact) mass is 269 g/mol. The van der Waals surface area contributed by atoms with Crippen LogP contribution in [0.15, 0.2) is 36.4 Å². The Labute approximate surface area is 121 Å². The third-order valence-corrected chi connectivity index (χ3v) is 3.56. The molecule has 2 rings (SSSR count). The maximum Gasteiger partial charge on any atom is 0.120 e. The summed E-state index contributed by atoms with van der Waals surface area (Å²) < 4.78 is 5.94. The van der Waals surface area contributed by atoms with Crippen LogP contribution in [0.2, 0.25) is 0 Å². The van der Waals surface area contributed by atoms with E-state index < -0.39 is 0 Å². The van der Waals surface area contributed by atoms with Crippen LogP contribution in [0.1, 0.15) is 27.8 Å². The van der Waals surface area contributed by atoms with E-state index in [0.717, 1.165) is 12.2 Å². The summed E-state index contributed by atoms with van der Waals surface area (Å²) in [5.41, 5.74) is 12.0. The van der Waals surface area contributed by atoms with Gasteiger partial charge >= 0.3 is 0 Å². The number of aryl methyl sites for hydroxylation is 3. The van der Waals surface area contributed by atoms with Crippen molar-refractivity contribution in [3.8, 4) is 5.75 Å². The van der Waals surface area contributed by atoms with Crippen molar-refractivity contribution in [2.75, 3.05) is 6.54 Å². The zero-order chi connectivity index (χ0) is 14.5. The summed E-state index contributed by atoms with van der Waals surface area (Å²) in [4.78, 5) is 0. The Hall–Kier alpha value is -1.80. The first-order chi connectivity index (χ1) is 9.60. The van der Waals surface area contributed by atoms with Gasteiger partial charge in [0, 0.05) is 0 Å². The molecule has 0 unspecified atom stereocenters. The van der Waals surface area contributed by atoms with E-state index in [2.05, 4.69) is 45.0 Å². The van der Waals surface area contributed by atoms with Crippen molar-refractivity contribution >= 4 is 0 Å². The molecule has 0 saturated heterocycles. The lowest BCUT2D eigenvalue weighted by molar-refractivity contribution is 0.304. The molecule has 0 heterocycles. The molecule has 2 aromatic carbocycles. The molecule has 2 nitrogen and oxygen atoms in total. The molecule has 0 spiro atoms. The van der Waals surface area contributed by atoms with Gasteiger partial charge in [-0.25, -0.2) is 0 Å². The van der Waals surface area contributed by atoms with E-state index in [1.165, 1.54) is 27.8 Å². The minimum Gasteiger partial charge on any atom is -0.489 e. The van der Waals surface area contributed by atoms with Crippen molar-refractivity contribution in [1.82, 2.24) is 0 Å². The second-order valence-corrected chi connectivity index (χ2v) is 5.35. The van der Waals surface area contributed by atoms with Crippen molar-refractivity contribution < 1.29 is 4.74 Å². The van der Waals surface area contributed by atoms with Crippen molar-refractivity contribution in [3.63, 3.8) is 0 Å². The summed E-state index contributed by atoms with van der Waals surface area (Å²) in [5, 5.41) is 0. The first kappa shape index (κ1) is 14.6. The molecule has 0 aliphatic carbocycles. The lowest BCUT2D eigenvalue weighted by Gasteiger charge is -2.13. The van der Waals surface area contributed by atoms with Crippen LogP contribution in [0.3, 0.4) is 0 Å². The fraction of sp³-hybridized carbons (Fsp3) is 0.333. The fourth-order valence-electron chi connectivity index (χ4n) is 2.55. The lowest BCUT2D eigenvalue weighted by atomic mass is 10.0. The van der Waals surface area contributed by atoms with E-state index in [9.17, 15) is 0 Å². The lowest BCUT2D eigenvalue weighted by Crippen LogP contribution is -2.04. The van der Waals surface area contributed by atoms with Gasteiger partial charge in [-0.2, -0.15) is 0 Å². The Morgan fingerprint density at radius 3 is 2.35 bits per heavy atom. The summed E-state index contributed by atoms with van der Waals surface area (Å²) in [6.07, 6.45) is 0.889. The maximum atomic E-state index is 5.94. The van der Waals surface area contributed by atoms with Crippen molar-refractivity contribution in [2.24, 2.45) is 5.73 Å². The fourth-order valence-corrected chi connectivity index (χ4v) is 2.55. The molecule has 0 saturated carbocycles. The highest BCUT2D eigenvalue weighted by Gasteiger charge is 2.05. The van der Waals surface area contributed by atoms with Gasteiger partial charge in [-0.05, 0) is 68.1 Å². The molecule has 0 aliphatic rings. The van der Waals surface area contributed by atoms with Gasteiger partial charge in [-0.15, -0.1) is 0 Å². The predicted octanol–water partition coefficient (Wildman–Crippen LogP) is 3.69. The predicted molar refractivity (Wildman–Crippen MR) is 84.2 cm³/mol. The first-order valence-electron chi connectivity index (χ1n) is 7.08. The van der Waals surface area contributed by atoms with Crippen LogP contribution in [0.5, 0.6) is 5.75 Å². The molecule has 2 N–H and O–H groups in total. The topological polar surface area (TPSA) is 35.2 Å². The van der Waals surface area contributed by atoms with Crippen LogP contribution in [-0.4, -0.2) is 6.54 Å². The van der Waals surface area contributed by atoms with E-state index in [4.69, 9.17) is 10.5 Å². The Kier molecular flexibility index (Phi) is 4.80. The van der Waals surface area contributed by atoms with Crippen molar-refractivity contribution in [3.05, 3.63) is 64.2 Å². The van der Waals surface area contributed by atoms with Gasteiger partial charge in [-0.3, -0.25) is 0 Å². The molecule has 106 valence electrons. The molecule has 20 heavy (non-hydrogen) atoms. The first-order valence-corrected chi connectivity index (χ1v) is 7.08. The van der Waals surface area contributed by atoms with Crippen LogP contribution in [0.25, 0.3) is 0 Å². The van der Waals surface area contributed by atoms with E-state index in [-0.39, 0.29) is 0 Å². The average molecular weight is 269 g/mol. The molecule has 0 atom stereocenters. The van der Waals surface area contributed by atoms with Crippen LogP contribution >= 0.6 is 0 Å². The number of rotatable bonds is 5. The van der Waals surface area contributed by atoms with E-state index >= 15 is 0 Å². The smallest absolute Gasteiger partial charge is 0.120 e. The van der Waals surface area contributed by atoms with Gasteiger partial charge in [0.25, 0.3) is 0 Å². The van der Waals surface area contributed by atoms with Crippen LogP contribution in [0.4, 0.5) is 0 Å². The molecule has 0 fully saturated rings. The van der Waals surface area contributed by atoms with Gasteiger partial charge in [0.15, 0.2) is 0 Å². The molecule has 0 bridgehead atoms. The molecule has 0 amide bonds. The molecule has 0 aliphatic heterocycles. The second kappa shape index (κ2) is 6.58. The zero-order valence-electron chi connectivity index (χ0n) is 12.6. The molecule has 2 aromatic rings. The number of benzene rings is 2. The summed E-state index contributed by atoms with van der Waals surface area (Å²) >= 11 is 0. The Bertz CT molecular complexity index is 567. The Balaban J connectivity index is 2.11. The molecule has 0 radical (unpaired) electrons. The standard InChI is InChI=1S/C18H23NO/c1-13-9-14(2)18(15(3)10-13)12-20-17-6-4-5-16(11-17)7-8-19/h4-6,9-11H,7-8,12,19H2,1-3H3. The summed E-state index contributed by atoms with van der Waals surface area (Å²) in [5.74, 6) is 0.912. The van der Waals surface area contributed by atoms with E-state index in [0.29, 0.717) is 13.2 Å². The summed E-state index contributed by atoms with van der Waals surface area (Å²) in [6.45, 7) is 7.69. The molecule has 2 heteroatoms. The van der Waals surface area contributed by atoms with Gasteiger partial charge < -0.3 is 10.5 Å². The number of ether oxygens (including phenoxy) is 1. The minimum absolute atomic E-state index is 0.615. The molecular formula is C18H23NO. The third kappa shape index (κ3) is 3.61. The molecular weight excluding hydrogens is 246 g/mol. The van der Waals surface area contributed by atoms with E-state index in [1.807, 2.05) is 12.1 Å². The minimum atomic E-state index is 0.615. The SMILES string of the molecule is Cc1cc(C)c(COc2cccc(CCN)c2)c(C)c1. The normalized spacial score (nSPS) is 10.6. The summed E-state index contributed by atoms with van der Waals surface area (Å²) in [6, 6.07) is 12.6. The zero-order valence-corrected chi connectivity index (χ0v) is 12.6. The van der Waals surface area contributed by atoms with Crippen molar-refractivity contribution in [2.45, 2.75) is 33.8 Å². The highest BCUT2D eigenvalue weighted by Crippen LogP contribution is 2.20. The number of hydrogen-bond acceptors (Lipinski definition) is 2. The van der Waals surface area contributed by atoms with Gasteiger partial charge in [0.1, 0.15) is 12.4 Å². The van der Waals surface area contributed by atoms with Gasteiger partial charge in [0.2, 0.25) is 0 Å². The average Bonchev–Trinajstić information content (AvgIpc) is 2.38. The highest BCUT2D eigenvalue weighted by atomic mass is 16.5. The van der Waals surface area contributed by atoms with Crippen LogP contribution in [0, 0.1) is 20.8 Å². The summed E-state index contributed by atoms with van der Waals surface area (Å²) in [7, 11) is 0. The van der Waals surface area contributed by atoms with Crippen LogP contribution < -0.4 is 10.5 Å². The third-order valence-electron chi connectivity index (χ3n) is 3.56. The number of nitrogens with two attached hydrogens (primary N) is 1. The largest absolute Gasteiger partial charge is 0.489 e. The quantitative estimate of drug-likeness (QED) is 0.898. The Morgan fingerprint density at radius 2 is 1.70 bits per heavy atom.